The second-order valence-electron chi connectivity index (χ2n) is 6.60. The summed E-state index contributed by atoms with van der Waals surface area (Å²) in [6, 6.07) is 0. The standard InChI is InChI=1S/C18H26O9/c1-11(20)4-7-14(23)17(26,10-19)18(27,15(24)8-5-12(2)21)16(25)9-6-13(3)22/h19,26-27H,4-10H2,1-3H3. The fraction of sp³-hybridized carbons (Fsp3) is 0.667. The predicted octanol–water partition coefficient (Wildman–Crippen LogP) is -0.744. The molecule has 152 valence electrons. The molecule has 1 atom stereocenters. The first-order valence-electron chi connectivity index (χ1n) is 8.46. The second kappa shape index (κ2) is 10.3. The van der Waals surface area contributed by atoms with Crippen molar-refractivity contribution in [2.45, 2.75) is 70.5 Å². The topological polar surface area (TPSA) is 163 Å². The highest BCUT2D eigenvalue weighted by Gasteiger charge is 2.62. The van der Waals surface area contributed by atoms with Crippen LogP contribution in [0.25, 0.3) is 0 Å². The molecule has 0 rings (SSSR count). The highest BCUT2D eigenvalue weighted by Crippen LogP contribution is 2.31. The average Bonchev–Trinajstić information content (AvgIpc) is 2.59. The van der Waals surface area contributed by atoms with Crippen molar-refractivity contribution < 1.29 is 44.1 Å². The molecule has 0 aliphatic rings. The van der Waals surface area contributed by atoms with E-state index in [9.17, 15) is 44.1 Å². The summed E-state index contributed by atoms with van der Waals surface area (Å²) in [5, 5.41) is 31.0. The Bertz CT molecular complexity index is 605. The summed E-state index contributed by atoms with van der Waals surface area (Å²) in [7, 11) is 0. The minimum absolute atomic E-state index is 0.333. The van der Waals surface area contributed by atoms with Crippen LogP contribution in [0.5, 0.6) is 0 Å². The Labute approximate surface area is 156 Å². The summed E-state index contributed by atoms with van der Waals surface area (Å²) in [5.74, 6) is -5.19. The van der Waals surface area contributed by atoms with E-state index in [0.29, 0.717) is 0 Å². The monoisotopic (exact) mass is 386 g/mol. The lowest BCUT2D eigenvalue weighted by Gasteiger charge is -2.39. The molecule has 27 heavy (non-hydrogen) atoms. The number of aliphatic hydroxyl groups is 3. The number of Topliss-reactive ketones (excluding diaryl/α,β-unsaturated/α-hetero) is 6. The van der Waals surface area contributed by atoms with Crippen molar-refractivity contribution >= 4 is 34.7 Å². The van der Waals surface area contributed by atoms with E-state index in [2.05, 4.69) is 0 Å². The lowest BCUT2D eigenvalue weighted by molar-refractivity contribution is -0.194. The van der Waals surface area contributed by atoms with E-state index in [1.807, 2.05) is 0 Å². The third kappa shape index (κ3) is 6.23. The van der Waals surface area contributed by atoms with E-state index in [0.717, 1.165) is 0 Å². The zero-order valence-corrected chi connectivity index (χ0v) is 15.7. The summed E-state index contributed by atoms with van der Waals surface area (Å²) in [4.78, 5) is 70.7. The Morgan fingerprint density at radius 1 is 0.593 bits per heavy atom. The van der Waals surface area contributed by atoms with Crippen LogP contribution in [0.15, 0.2) is 0 Å². The van der Waals surface area contributed by atoms with Crippen LogP contribution in [0, 0.1) is 0 Å². The molecule has 0 fully saturated rings. The van der Waals surface area contributed by atoms with E-state index in [-0.39, 0.29) is 19.3 Å². The van der Waals surface area contributed by atoms with Crippen molar-refractivity contribution in [1.29, 1.82) is 0 Å². The van der Waals surface area contributed by atoms with Crippen molar-refractivity contribution in [2.75, 3.05) is 6.61 Å². The van der Waals surface area contributed by atoms with Gasteiger partial charge < -0.3 is 29.7 Å². The fourth-order valence-electron chi connectivity index (χ4n) is 2.46. The summed E-state index contributed by atoms with van der Waals surface area (Å²) >= 11 is 0. The molecule has 0 saturated heterocycles. The van der Waals surface area contributed by atoms with Gasteiger partial charge in [-0.2, -0.15) is 0 Å². The van der Waals surface area contributed by atoms with Crippen molar-refractivity contribution in [1.82, 2.24) is 0 Å². The largest absolute Gasteiger partial charge is 0.393 e. The van der Waals surface area contributed by atoms with Gasteiger partial charge in [0, 0.05) is 38.5 Å². The summed E-state index contributed by atoms with van der Waals surface area (Å²) in [6.07, 6.45) is -2.97. The molecule has 0 aromatic carbocycles. The third-order valence-corrected chi connectivity index (χ3v) is 4.21. The molecule has 0 amide bonds. The van der Waals surface area contributed by atoms with Gasteiger partial charge in [-0.05, 0) is 20.8 Å². The molecule has 0 heterocycles. The number of carbonyl (C=O) groups excluding carboxylic acids is 6. The number of carbonyl (C=O) groups is 6. The second-order valence-corrected chi connectivity index (χ2v) is 6.60. The molecule has 0 bridgehead atoms. The van der Waals surface area contributed by atoms with E-state index in [1.165, 1.54) is 20.8 Å². The molecular formula is C18H26O9. The van der Waals surface area contributed by atoms with Crippen molar-refractivity contribution in [2.24, 2.45) is 0 Å². The summed E-state index contributed by atoms with van der Waals surface area (Å²) in [5.41, 5.74) is -6.52. The van der Waals surface area contributed by atoms with Gasteiger partial charge in [0.05, 0.1) is 6.61 Å². The van der Waals surface area contributed by atoms with Crippen LogP contribution in [-0.4, -0.2) is 67.8 Å². The van der Waals surface area contributed by atoms with E-state index in [4.69, 9.17) is 0 Å². The first-order valence-corrected chi connectivity index (χ1v) is 8.46. The Kier molecular flexibility index (Phi) is 9.49. The van der Waals surface area contributed by atoms with E-state index >= 15 is 0 Å². The van der Waals surface area contributed by atoms with Gasteiger partial charge in [0.15, 0.2) is 23.0 Å². The van der Waals surface area contributed by atoms with Crippen LogP contribution in [0.3, 0.4) is 0 Å². The van der Waals surface area contributed by atoms with Gasteiger partial charge in [0.1, 0.15) is 17.3 Å². The molecular weight excluding hydrogens is 360 g/mol. The van der Waals surface area contributed by atoms with Gasteiger partial charge in [-0.15, -0.1) is 0 Å². The average molecular weight is 386 g/mol. The number of hydrogen-bond donors (Lipinski definition) is 3. The summed E-state index contributed by atoms with van der Waals surface area (Å²) in [6.45, 7) is 2.05. The molecule has 0 aromatic rings. The maximum atomic E-state index is 12.5. The van der Waals surface area contributed by atoms with Crippen molar-refractivity contribution in [3.63, 3.8) is 0 Å². The normalized spacial score (nSPS) is 13.6. The van der Waals surface area contributed by atoms with E-state index < -0.39 is 71.8 Å². The number of hydrogen-bond acceptors (Lipinski definition) is 9. The number of ketones is 6. The smallest absolute Gasteiger partial charge is 0.219 e. The van der Waals surface area contributed by atoms with Crippen LogP contribution in [0.2, 0.25) is 0 Å². The summed E-state index contributed by atoms with van der Waals surface area (Å²) < 4.78 is 0. The quantitative estimate of drug-likeness (QED) is 0.326. The Hall–Kier alpha value is -2.10. The van der Waals surface area contributed by atoms with Gasteiger partial charge in [-0.25, -0.2) is 0 Å². The zero-order valence-electron chi connectivity index (χ0n) is 15.7. The van der Waals surface area contributed by atoms with Crippen LogP contribution in [0.4, 0.5) is 0 Å². The first-order chi connectivity index (χ1) is 12.3. The lowest BCUT2D eigenvalue weighted by Crippen LogP contribution is -2.69. The third-order valence-electron chi connectivity index (χ3n) is 4.21. The minimum atomic E-state index is -3.33. The highest BCUT2D eigenvalue weighted by molar-refractivity contribution is 6.17. The zero-order chi connectivity index (χ0) is 21.4. The van der Waals surface area contributed by atoms with Gasteiger partial charge >= 0.3 is 0 Å². The molecule has 0 aliphatic carbocycles. The molecule has 0 saturated carbocycles. The molecule has 3 N–H and O–H groups in total. The SMILES string of the molecule is CC(=O)CCC(=O)C(O)(CO)C(O)(C(=O)CCC(C)=O)C(=O)CCC(C)=O. The lowest BCUT2D eigenvalue weighted by atomic mass is 9.71. The maximum absolute atomic E-state index is 12.5. The molecule has 9 heteroatoms. The molecule has 9 nitrogen and oxygen atoms in total. The van der Waals surface area contributed by atoms with Gasteiger partial charge in [0.25, 0.3) is 0 Å². The van der Waals surface area contributed by atoms with E-state index in [1.54, 1.807) is 0 Å². The van der Waals surface area contributed by atoms with Crippen molar-refractivity contribution in [3.8, 4) is 0 Å². The van der Waals surface area contributed by atoms with Crippen LogP contribution >= 0.6 is 0 Å². The molecule has 0 radical (unpaired) electrons. The Morgan fingerprint density at radius 3 is 1.15 bits per heavy atom. The van der Waals surface area contributed by atoms with Gasteiger partial charge in [-0.3, -0.25) is 14.4 Å². The number of aliphatic hydroxyl groups excluding tert-OH is 1. The van der Waals surface area contributed by atoms with Gasteiger partial charge in [0.2, 0.25) is 5.60 Å². The minimum Gasteiger partial charge on any atom is -0.393 e. The molecule has 0 aromatic heterocycles. The van der Waals surface area contributed by atoms with Crippen molar-refractivity contribution in [3.05, 3.63) is 0 Å². The molecule has 0 spiro atoms. The Morgan fingerprint density at radius 2 is 0.889 bits per heavy atom. The Balaban J connectivity index is 6.00. The first kappa shape index (κ1) is 24.9. The molecule has 1 unspecified atom stereocenters. The predicted molar refractivity (Wildman–Crippen MR) is 91.8 cm³/mol. The van der Waals surface area contributed by atoms with Crippen LogP contribution in [-0.2, 0) is 28.8 Å². The highest BCUT2D eigenvalue weighted by atomic mass is 16.4. The van der Waals surface area contributed by atoms with Crippen LogP contribution < -0.4 is 0 Å². The van der Waals surface area contributed by atoms with Gasteiger partial charge in [-0.1, -0.05) is 0 Å². The van der Waals surface area contributed by atoms with Crippen LogP contribution in [0.1, 0.15) is 59.3 Å². The fourth-order valence-corrected chi connectivity index (χ4v) is 2.46. The number of rotatable bonds is 14. The maximum Gasteiger partial charge on any atom is 0.219 e. The molecule has 0 aliphatic heterocycles.